The molecule has 0 fully saturated rings. The molecule has 3 aromatic carbocycles. The highest BCUT2D eigenvalue weighted by Crippen LogP contribution is 2.31. The number of benzene rings is 3. The molecule has 1 N–H and O–H groups in total. The molecule has 0 saturated heterocycles. The van der Waals surface area contributed by atoms with Gasteiger partial charge in [-0.05, 0) is 35.9 Å². The first kappa shape index (κ1) is 17.6. The molecule has 0 saturated carbocycles. The van der Waals surface area contributed by atoms with Crippen molar-refractivity contribution in [1.82, 2.24) is 15.2 Å². The number of hydrogen-bond donors (Lipinski definition) is 1. The summed E-state index contributed by atoms with van der Waals surface area (Å²) in [6.07, 6.45) is 1.90. The normalized spacial score (nSPS) is 11.0. The lowest BCUT2D eigenvalue weighted by Gasteiger charge is -2.07. The van der Waals surface area contributed by atoms with Gasteiger partial charge in [-0.15, -0.1) is 10.2 Å². The summed E-state index contributed by atoms with van der Waals surface area (Å²) in [4.78, 5) is 3.23. The second-order valence-corrected chi connectivity index (χ2v) is 7.40. The fraction of sp³-hybridized carbons (Fsp3) is 0.0435. The average molecular weight is 399 g/mol. The van der Waals surface area contributed by atoms with Gasteiger partial charge in [0, 0.05) is 22.9 Å². The summed E-state index contributed by atoms with van der Waals surface area (Å²) in [5.74, 6) is 2.85. The van der Waals surface area contributed by atoms with E-state index < -0.39 is 0 Å². The van der Waals surface area contributed by atoms with Crippen LogP contribution in [0.4, 0.5) is 0 Å². The van der Waals surface area contributed by atoms with Crippen LogP contribution < -0.4 is 4.74 Å². The van der Waals surface area contributed by atoms with Gasteiger partial charge in [0.25, 0.3) is 11.1 Å². The minimum Gasteiger partial charge on any atom is -0.457 e. The Kier molecular flexibility index (Phi) is 4.76. The van der Waals surface area contributed by atoms with E-state index in [4.69, 9.17) is 9.15 Å². The Morgan fingerprint density at radius 2 is 1.69 bits per heavy atom. The van der Waals surface area contributed by atoms with E-state index in [1.165, 1.54) is 11.8 Å². The fourth-order valence-electron chi connectivity index (χ4n) is 3.09. The van der Waals surface area contributed by atoms with Gasteiger partial charge >= 0.3 is 0 Å². The smallest absolute Gasteiger partial charge is 0.277 e. The van der Waals surface area contributed by atoms with E-state index in [9.17, 15) is 0 Å². The van der Waals surface area contributed by atoms with Crippen molar-refractivity contribution in [3.63, 3.8) is 0 Å². The summed E-state index contributed by atoms with van der Waals surface area (Å²) in [5.41, 5.74) is 3.08. The SMILES string of the molecule is c1ccc(Oc2cccc(CSc3nnc(-c4c[nH]c5ccccc45)o3)c2)cc1. The maximum absolute atomic E-state index is 5.90. The number of rotatable bonds is 6. The molecule has 5 nitrogen and oxygen atoms in total. The molecule has 142 valence electrons. The largest absolute Gasteiger partial charge is 0.457 e. The maximum Gasteiger partial charge on any atom is 0.277 e. The van der Waals surface area contributed by atoms with Crippen LogP contribution in [0, 0.1) is 0 Å². The number of H-pyrrole nitrogens is 1. The Labute approximate surface area is 171 Å². The molecular weight excluding hydrogens is 382 g/mol. The summed E-state index contributed by atoms with van der Waals surface area (Å²) in [5, 5.41) is 10.0. The molecule has 6 heteroatoms. The predicted octanol–water partition coefficient (Wildman–Crippen LogP) is 6.30. The van der Waals surface area contributed by atoms with Crippen LogP contribution in [0.5, 0.6) is 11.5 Å². The molecule has 2 heterocycles. The molecule has 0 aliphatic heterocycles. The first-order chi connectivity index (χ1) is 14.3. The monoisotopic (exact) mass is 399 g/mol. The number of fused-ring (bicyclic) bond motifs is 1. The van der Waals surface area contributed by atoms with E-state index in [-0.39, 0.29) is 0 Å². The van der Waals surface area contributed by atoms with E-state index >= 15 is 0 Å². The summed E-state index contributed by atoms with van der Waals surface area (Å²) >= 11 is 1.51. The first-order valence-corrected chi connectivity index (χ1v) is 10.2. The third kappa shape index (κ3) is 3.88. The lowest BCUT2D eigenvalue weighted by atomic mass is 10.2. The highest BCUT2D eigenvalue weighted by atomic mass is 32.2. The molecule has 0 aliphatic rings. The van der Waals surface area contributed by atoms with Crippen LogP contribution in [-0.4, -0.2) is 15.2 Å². The summed E-state index contributed by atoms with van der Waals surface area (Å²) in [6, 6.07) is 25.8. The van der Waals surface area contributed by atoms with Gasteiger partial charge in [0.15, 0.2) is 0 Å². The lowest BCUT2D eigenvalue weighted by molar-refractivity contribution is 0.466. The second-order valence-electron chi connectivity index (χ2n) is 6.47. The molecule has 2 aromatic heterocycles. The number of aromatic amines is 1. The van der Waals surface area contributed by atoms with Crippen molar-refractivity contribution < 1.29 is 9.15 Å². The summed E-state index contributed by atoms with van der Waals surface area (Å²) < 4.78 is 11.8. The van der Waals surface area contributed by atoms with Crippen molar-refractivity contribution in [1.29, 1.82) is 0 Å². The van der Waals surface area contributed by atoms with E-state index in [1.54, 1.807) is 0 Å². The van der Waals surface area contributed by atoms with E-state index in [0.29, 0.717) is 16.9 Å². The number of ether oxygens (including phenoxy) is 1. The number of aromatic nitrogens is 3. The average Bonchev–Trinajstić information content (AvgIpc) is 3.40. The molecule has 29 heavy (non-hydrogen) atoms. The number of para-hydroxylation sites is 2. The molecule has 0 radical (unpaired) electrons. The van der Waals surface area contributed by atoms with Gasteiger partial charge in [-0.1, -0.05) is 60.3 Å². The van der Waals surface area contributed by atoms with Gasteiger partial charge in [-0.25, -0.2) is 0 Å². The standard InChI is InChI=1S/C23H17N3O2S/c1-2-8-17(9-3-1)27-18-10-6-7-16(13-18)15-29-23-26-25-22(28-23)20-14-24-21-12-5-4-11-19(20)21/h1-14,24H,15H2. The Morgan fingerprint density at radius 3 is 2.62 bits per heavy atom. The van der Waals surface area contributed by atoms with E-state index in [0.717, 1.165) is 33.5 Å². The molecule has 0 aliphatic carbocycles. The number of nitrogens with one attached hydrogen (secondary N) is 1. The zero-order valence-corrected chi connectivity index (χ0v) is 16.2. The topological polar surface area (TPSA) is 63.9 Å². The minimum atomic E-state index is 0.520. The fourth-order valence-corrected chi connectivity index (χ4v) is 3.80. The van der Waals surface area contributed by atoms with Crippen LogP contribution in [0.15, 0.2) is 94.7 Å². The molecule has 0 atom stereocenters. The van der Waals surface area contributed by atoms with Gasteiger partial charge < -0.3 is 14.1 Å². The van der Waals surface area contributed by atoms with Crippen LogP contribution in [0.1, 0.15) is 5.56 Å². The van der Waals surface area contributed by atoms with Crippen molar-refractivity contribution in [2.75, 3.05) is 0 Å². The Hall–Kier alpha value is -3.51. The van der Waals surface area contributed by atoms with Crippen molar-refractivity contribution in [2.24, 2.45) is 0 Å². The van der Waals surface area contributed by atoms with Gasteiger partial charge in [-0.2, -0.15) is 0 Å². The highest BCUT2D eigenvalue weighted by Gasteiger charge is 2.13. The third-order valence-corrected chi connectivity index (χ3v) is 5.36. The molecule has 0 spiro atoms. The van der Waals surface area contributed by atoms with Crippen LogP contribution in [-0.2, 0) is 5.75 Å². The van der Waals surface area contributed by atoms with E-state index in [1.807, 2.05) is 79.0 Å². The van der Waals surface area contributed by atoms with E-state index in [2.05, 4.69) is 21.2 Å². The van der Waals surface area contributed by atoms with Gasteiger partial charge in [0.2, 0.25) is 0 Å². The van der Waals surface area contributed by atoms with Crippen LogP contribution >= 0.6 is 11.8 Å². The van der Waals surface area contributed by atoms with Gasteiger partial charge in [-0.3, -0.25) is 0 Å². The first-order valence-electron chi connectivity index (χ1n) is 9.20. The Bertz CT molecular complexity index is 1250. The third-order valence-electron chi connectivity index (χ3n) is 4.47. The summed E-state index contributed by atoms with van der Waals surface area (Å²) in [7, 11) is 0. The zero-order valence-electron chi connectivity index (χ0n) is 15.4. The van der Waals surface area contributed by atoms with Crippen LogP contribution in [0.2, 0.25) is 0 Å². The van der Waals surface area contributed by atoms with Gasteiger partial charge in [0.1, 0.15) is 11.5 Å². The Morgan fingerprint density at radius 1 is 0.862 bits per heavy atom. The van der Waals surface area contributed by atoms with Crippen LogP contribution in [0.25, 0.3) is 22.4 Å². The quantitative estimate of drug-likeness (QED) is 0.339. The zero-order chi connectivity index (χ0) is 19.5. The molecule has 0 unspecified atom stereocenters. The highest BCUT2D eigenvalue weighted by molar-refractivity contribution is 7.98. The lowest BCUT2D eigenvalue weighted by Crippen LogP contribution is -1.86. The van der Waals surface area contributed by atoms with Crippen LogP contribution in [0.3, 0.4) is 0 Å². The summed E-state index contributed by atoms with van der Waals surface area (Å²) in [6.45, 7) is 0. The molecule has 0 amide bonds. The predicted molar refractivity (Wildman–Crippen MR) is 114 cm³/mol. The number of thioether (sulfide) groups is 1. The minimum absolute atomic E-state index is 0.520. The molecule has 0 bridgehead atoms. The van der Waals surface area contributed by atoms with Crippen molar-refractivity contribution in [3.8, 4) is 23.0 Å². The Balaban J connectivity index is 1.28. The maximum atomic E-state index is 5.90. The van der Waals surface area contributed by atoms with Crippen molar-refractivity contribution in [3.05, 3.63) is 90.6 Å². The van der Waals surface area contributed by atoms with Crippen molar-refractivity contribution in [2.45, 2.75) is 11.0 Å². The molecule has 5 aromatic rings. The molecule has 5 rings (SSSR count). The number of nitrogens with zero attached hydrogens (tertiary/aromatic N) is 2. The van der Waals surface area contributed by atoms with Crippen molar-refractivity contribution >= 4 is 22.7 Å². The van der Waals surface area contributed by atoms with Gasteiger partial charge in [0.05, 0.1) is 5.56 Å². The number of hydrogen-bond acceptors (Lipinski definition) is 5. The molecular formula is C23H17N3O2S. The second kappa shape index (κ2) is 7.85.